The minimum Gasteiger partial charge on any atom is -0.369 e. The van der Waals surface area contributed by atoms with Gasteiger partial charge in [-0.1, -0.05) is 17.7 Å². The molecular weight excluding hydrogens is 490 g/mol. The first-order valence-corrected chi connectivity index (χ1v) is 12.4. The molecule has 4 rings (SSSR count). The van der Waals surface area contributed by atoms with E-state index in [2.05, 4.69) is 20.8 Å². The van der Waals surface area contributed by atoms with E-state index in [9.17, 15) is 13.2 Å². The summed E-state index contributed by atoms with van der Waals surface area (Å²) in [5, 5.41) is 0.661. The van der Waals surface area contributed by atoms with Crippen molar-refractivity contribution in [3.05, 3.63) is 51.5 Å². The summed E-state index contributed by atoms with van der Waals surface area (Å²) in [7, 11) is -3.70. The molecule has 160 valence electrons. The number of sulfonamides is 1. The Morgan fingerprint density at radius 1 is 1.13 bits per heavy atom. The van der Waals surface area contributed by atoms with Crippen LogP contribution in [-0.4, -0.2) is 50.9 Å². The van der Waals surface area contributed by atoms with Gasteiger partial charge in [0.05, 0.1) is 4.90 Å². The summed E-state index contributed by atoms with van der Waals surface area (Å²) in [6.45, 7) is 5.41. The third-order valence-corrected chi connectivity index (χ3v) is 8.81. The lowest BCUT2D eigenvalue weighted by molar-refractivity contribution is -0.116. The van der Waals surface area contributed by atoms with Gasteiger partial charge >= 0.3 is 0 Å². The first-order chi connectivity index (χ1) is 14.2. The molecule has 0 spiro atoms. The van der Waals surface area contributed by atoms with E-state index in [-0.39, 0.29) is 16.8 Å². The molecule has 1 amide bonds. The lowest BCUT2D eigenvalue weighted by Gasteiger charge is -2.35. The molecule has 2 heterocycles. The van der Waals surface area contributed by atoms with E-state index < -0.39 is 10.0 Å². The van der Waals surface area contributed by atoms with Gasteiger partial charge in [0.15, 0.2) is 0 Å². The minimum absolute atomic E-state index is 0.0172. The number of benzene rings is 2. The van der Waals surface area contributed by atoms with Gasteiger partial charge in [-0.05, 0) is 65.2 Å². The van der Waals surface area contributed by atoms with E-state index in [1.165, 1.54) is 11.2 Å². The van der Waals surface area contributed by atoms with E-state index in [0.717, 1.165) is 11.3 Å². The number of rotatable bonds is 3. The number of piperazine rings is 1. The van der Waals surface area contributed by atoms with Crippen LogP contribution in [0, 0.1) is 0 Å². The highest BCUT2D eigenvalue weighted by atomic mass is 79.9. The van der Waals surface area contributed by atoms with Crippen LogP contribution in [0.15, 0.2) is 45.8 Å². The Morgan fingerprint density at radius 2 is 1.83 bits per heavy atom. The average Bonchev–Trinajstić information content (AvgIpc) is 3.02. The zero-order valence-electron chi connectivity index (χ0n) is 16.8. The summed E-state index contributed by atoms with van der Waals surface area (Å²) in [5.41, 5.74) is 2.66. The second-order valence-corrected chi connectivity index (χ2v) is 10.9. The summed E-state index contributed by atoms with van der Waals surface area (Å²) in [6.07, 6.45) is 0.714. The largest absolute Gasteiger partial charge is 0.369 e. The Hall–Kier alpha value is -1.61. The zero-order chi connectivity index (χ0) is 21.6. The fourth-order valence-electron chi connectivity index (χ4n) is 4.29. The molecule has 1 saturated heterocycles. The van der Waals surface area contributed by atoms with Crippen molar-refractivity contribution in [2.45, 2.75) is 31.2 Å². The molecule has 0 aromatic heterocycles. The van der Waals surface area contributed by atoms with Gasteiger partial charge in [0, 0.05) is 60.0 Å². The van der Waals surface area contributed by atoms with Crippen molar-refractivity contribution >= 4 is 54.8 Å². The SMILES string of the molecule is CC(=O)N1c2cc(S(=O)(=O)N3CCN(c4cccc(Cl)c4)CC3)c(Br)cc2C[C@@H]1C. The number of carbonyl (C=O) groups excluding carboxylic acids is 1. The molecule has 0 saturated carbocycles. The van der Waals surface area contributed by atoms with Crippen molar-refractivity contribution in [2.75, 3.05) is 36.0 Å². The van der Waals surface area contributed by atoms with Gasteiger partial charge in [0.25, 0.3) is 0 Å². The second-order valence-electron chi connectivity index (χ2n) is 7.72. The molecular formula is C21H23BrClN3O3S. The molecule has 2 aliphatic rings. The van der Waals surface area contributed by atoms with Crippen LogP contribution >= 0.6 is 27.5 Å². The van der Waals surface area contributed by atoms with E-state index in [1.54, 1.807) is 11.0 Å². The van der Waals surface area contributed by atoms with Gasteiger partial charge in [-0.2, -0.15) is 4.31 Å². The third-order valence-electron chi connectivity index (χ3n) is 5.72. The fourth-order valence-corrected chi connectivity index (χ4v) is 6.97. The van der Waals surface area contributed by atoms with E-state index in [0.29, 0.717) is 47.8 Å². The van der Waals surface area contributed by atoms with Crippen molar-refractivity contribution in [3.8, 4) is 0 Å². The lowest BCUT2D eigenvalue weighted by Crippen LogP contribution is -2.48. The van der Waals surface area contributed by atoms with Crippen LogP contribution in [0.1, 0.15) is 19.4 Å². The smallest absolute Gasteiger partial charge is 0.244 e. The maximum absolute atomic E-state index is 13.4. The summed E-state index contributed by atoms with van der Waals surface area (Å²) in [4.78, 5) is 16.1. The molecule has 2 aliphatic heterocycles. The van der Waals surface area contributed by atoms with Crippen LogP contribution in [-0.2, 0) is 21.2 Å². The zero-order valence-corrected chi connectivity index (χ0v) is 20.0. The molecule has 0 N–H and O–H groups in total. The van der Waals surface area contributed by atoms with Gasteiger partial charge in [-0.25, -0.2) is 8.42 Å². The van der Waals surface area contributed by atoms with Crippen LogP contribution in [0.3, 0.4) is 0 Å². The van der Waals surface area contributed by atoms with Crippen molar-refractivity contribution in [1.82, 2.24) is 4.31 Å². The Bertz CT molecular complexity index is 1100. The highest BCUT2D eigenvalue weighted by molar-refractivity contribution is 9.10. The molecule has 30 heavy (non-hydrogen) atoms. The van der Waals surface area contributed by atoms with Gasteiger partial charge in [-0.15, -0.1) is 0 Å². The van der Waals surface area contributed by atoms with Crippen molar-refractivity contribution in [1.29, 1.82) is 0 Å². The molecule has 0 radical (unpaired) electrons. The summed E-state index contributed by atoms with van der Waals surface area (Å²) < 4.78 is 28.9. The number of fused-ring (bicyclic) bond motifs is 1. The normalized spacial score (nSPS) is 19.8. The highest BCUT2D eigenvalue weighted by Crippen LogP contribution is 2.39. The number of carbonyl (C=O) groups is 1. The lowest BCUT2D eigenvalue weighted by atomic mass is 10.1. The number of halogens is 2. The average molecular weight is 513 g/mol. The van der Waals surface area contributed by atoms with Crippen LogP contribution in [0.25, 0.3) is 0 Å². The maximum atomic E-state index is 13.4. The molecule has 1 fully saturated rings. The van der Waals surface area contributed by atoms with Crippen molar-refractivity contribution < 1.29 is 13.2 Å². The predicted molar refractivity (Wildman–Crippen MR) is 123 cm³/mol. The van der Waals surface area contributed by atoms with Crippen LogP contribution in [0.2, 0.25) is 5.02 Å². The second kappa shape index (κ2) is 8.15. The standard InChI is InChI=1S/C21H23BrClN3O3S/c1-14-10-16-11-19(22)21(13-20(16)26(14)15(2)27)30(28,29)25-8-6-24(7-9-25)18-5-3-4-17(23)12-18/h3-5,11-14H,6-10H2,1-2H3/t14-/m0/s1. The van der Waals surface area contributed by atoms with Gasteiger partial charge in [0.2, 0.25) is 15.9 Å². The van der Waals surface area contributed by atoms with E-state index >= 15 is 0 Å². The molecule has 0 aliphatic carbocycles. The maximum Gasteiger partial charge on any atom is 0.244 e. The Balaban J connectivity index is 1.59. The molecule has 0 unspecified atom stereocenters. The Kier molecular flexibility index (Phi) is 5.87. The van der Waals surface area contributed by atoms with Gasteiger partial charge < -0.3 is 9.80 Å². The monoisotopic (exact) mass is 511 g/mol. The summed E-state index contributed by atoms with van der Waals surface area (Å²) >= 11 is 9.54. The van der Waals surface area contributed by atoms with Crippen molar-refractivity contribution in [2.24, 2.45) is 0 Å². The molecule has 2 aromatic carbocycles. The highest BCUT2D eigenvalue weighted by Gasteiger charge is 2.35. The first kappa shape index (κ1) is 21.6. The number of hydrogen-bond acceptors (Lipinski definition) is 4. The minimum atomic E-state index is -3.70. The van der Waals surface area contributed by atoms with Crippen LogP contribution in [0.5, 0.6) is 0 Å². The molecule has 9 heteroatoms. The molecule has 0 bridgehead atoms. The quantitative estimate of drug-likeness (QED) is 0.626. The summed E-state index contributed by atoms with van der Waals surface area (Å²) in [5.74, 6) is -0.0814. The fraction of sp³-hybridized carbons (Fsp3) is 0.381. The number of amides is 1. The number of anilines is 2. The van der Waals surface area contributed by atoms with Crippen molar-refractivity contribution in [3.63, 3.8) is 0 Å². The topological polar surface area (TPSA) is 60.9 Å². The molecule has 2 aromatic rings. The summed E-state index contributed by atoms with van der Waals surface area (Å²) in [6, 6.07) is 11.1. The predicted octanol–water partition coefficient (Wildman–Crippen LogP) is 3.91. The third kappa shape index (κ3) is 3.86. The first-order valence-electron chi connectivity index (χ1n) is 9.81. The van der Waals surface area contributed by atoms with E-state index in [1.807, 2.05) is 37.3 Å². The Morgan fingerprint density at radius 3 is 2.47 bits per heavy atom. The number of hydrogen-bond donors (Lipinski definition) is 0. The Labute approximate surface area is 190 Å². The van der Waals surface area contributed by atoms with Gasteiger partial charge in [-0.3, -0.25) is 4.79 Å². The van der Waals surface area contributed by atoms with Crippen LogP contribution < -0.4 is 9.80 Å². The van der Waals surface area contributed by atoms with E-state index in [4.69, 9.17) is 11.6 Å². The number of nitrogens with zero attached hydrogens (tertiary/aromatic N) is 3. The molecule has 1 atom stereocenters. The van der Waals surface area contributed by atoms with Gasteiger partial charge in [0.1, 0.15) is 0 Å². The van der Waals surface area contributed by atoms with Crippen LogP contribution in [0.4, 0.5) is 11.4 Å². The molecule has 6 nitrogen and oxygen atoms in total.